The maximum Gasteiger partial charge on any atom is 0.319 e. The molecule has 0 aromatic heterocycles. The number of amides is 2. The smallest absolute Gasteiger partial charge is 0.319 e. The molecular weight excluding hydrogens is 272 g/mol. The quantitative estimate of drug-likeness (QED) is 0.712. The van der Waals surface area contributed by atoms with Gasteiger partial charge in [-0.25, -0.2) is 4.79 Å². The summed E-state index contributed by atoms with van der Waals surface area (Å²) in [6.07, 6.45) is 4.83. The van der Waals surface area contributed by atoms with Crippen molar-refractivity contribution in [2.75, 3.05) is 5.32 Å². The van der Waals surface area contributed by atoms with E-state index in [9.17, 15) is 4.79 Å². The minimum absolute atomic E-state index is 0.178. The average Bonchev–Trinajstić information content (AvgIpc) is 2.56. The Kier molecular flexibility index (Phi) is 6.49. The predicted molar refractivity (Wildman–Crippen MR) is 92.0 cm³/mol. The van der Waals surface area contributed by atoms with E-state index in [1.165, 1.54) is 24.8 Å². The minimum Gasteiger partial charge on any atom is -0.334 e. The fourth-order valence-electron chi connectivity index (χ4n) is 2.29. The standard InChI is InChI=1S/C19H24N2O/c1-2-3-5-8-16-11-13-18(14-12-16)21-19(22)20-15-17-9-6-4-7-10-17/h4,6-7,9-14H,2-3,5,8,15H2,1H3,(H2,20,21,22). The molecule has 0 spiro atoms. The average molecular weight is 296 g/mol. The van der Waals surface area contributed by atoms with E-state index in [0.29, 0.717) is 6.54 Å². The topological polar surface area (TPSA) is 41.1 Å². The highest BCUT2D eigenvalue weighted by atomic mass is 16.2. The van der Waals surface area contributed by atoms with Crippen molar-refractivity contribution in [3.8, 4) is 0 Å². The fraction of sp³-hybridized carbons (Fsp3) is 0.316. The zero-order chi connectivity index (χ0) is 15.6. The zero-order valence-electron chi connectivity index (χ0n) is 13.1. The molecule has 22 heavy (non-hydrogen) atoms. The number of anilines is 1. The second kappa shape index (κ2) is 8.88. The van der Waals surface area contributed by atoms with E-state index in [4.69, 9.17) is 0 Å². The molecule has 2 N–H and O–H groups in total. The van der Waals surface area contributed by atoms with Crippen LogP contribution >= 0.6 is 0 Å². The maximum absolute atomic E-state index is 11.9. The monoisotopic (exact) mass is 296 g/mol. The summed E-state index contributed by atoms with van der Waals surface area (Å²) in [7, 11) is 0. The molecule has 116 valence electrons. The third kappa shape index (κ3) is 5.60. The molecule has 0 aliphatic carbocycles. The molecule has 2 amide bonds. The van der Waals surface area contributed by atoms with Gasteiger partial charge in [0.25, 0.3) is 0 Å². The molecule has 0 unspecified atom stereocenters. The lowest BCUT2D eigenvalue weighted by atomic mass is 10.1. The Labute approximate surface area is 132 Å². The van der Waals surface area contributed by atoms with Crippen LogP contribution in [0.4, 0.5) is 10.5 Å². The highest BCUT2D eigenvalue weighted by Gasteiger charge is 2.02. The van der Waals surface area contributed by atoms with Crippen LogP contribution < -0.4 is 10.6 Å². The van der Waals surface area contributed by atoms with Gasteiger partial charge in [-0.05, 0) is 36.1 Å². The molecule has 0 radical (unpaired) electrons. The van der Waals surface area contributed by atoms with Gasteiger partial charge in [-0.3, -0.25) is 0 Å². The number of carbonyl (C=O) groups is 1. The van der Waals surface area contributed by atoms with Crippen LogP contribution in [-0.4, -0.2) is 6.03 Å². The second-order valence-electron chi connectivity index (χ2n) is 5.45. The summed E-state index contributed by atoms with van der Waals surface area (Å²) in [5.74, 6) is 0. The minimum atomic E-state index is -0.178. The van der Waals surface area contributed by atoms with Crippen molar-refractivity contribution in [3.63, 3.8) is 0 Å². The number of nitrogens with one attached hydrogen (secondary N) is 2. The summed E-state index contributed by atoms with van der Waals surface area (Å²) in [6, 6.07) is 17.8. The van der Waals surface area contributed by atoms with Crippen LogP contribution in [0.3, 0.4) is 0 Å². The number of hydrogen-bond acceptors (Lipinski definition) is 1. The molecule has 3 heteroatoms. The van der Waals surface area contributed by atoms with Gasteiger partial charge in [-0.1, -0.05) is 62.2 Å². The summed E-state index contributed by atoms with van der Waals surface area (Å²) in [5, 5.41) is 5.71. The molecule has 0 fully saturated rings. The van der Waals surface area contributed by atoms with Gasteiger partial charge in [0.1, 0.15) is 0 Å². The number of aryl methyl sites for hydroxylation is 1. The maximum atomic E-state index is 11.9. The van der Waals surface area contributed by atoms with Crippen molar-refractivity contribution >= 4 is 11.7 Å². The van der Waals surface area contributed by atoms with Crippen LogP contribution in [0.1, 0.15) is 37.3 Å². The Hall–Kier alpha value is -2.29. The van der Waals surface area contributed by atoms with E-state index in [1.54, 1.807) is 0 Å². The lowest BCUT2D eigenvalue weighted by Crippen LogP contribution is -2.28. The first-order valence-electron chi connectivity index (χ1n) is 7.95. The van der Waals surface area contributed by atoms with Crippen LogP contribution in [0.25, 0.3) is 0 Å². The number of urea groups is 1. The Morgan fingerprint density at radius 2 is 1.64 bits per heavy atom. The number of hydrogen-bond donors (Lipinski definition) is 2. The summed E-state index contributed by atoms with van der Waals surface area (Å²) in [6.45, 7) is 2.74. The predicted octanol–water partition coefficient (Wildman–Crippen LogP) is 4.74. The Morgan fingerprint density at radius 3 is 2.32 bits per heavy atom. The van der Waals surface area contributed by atoms with Gasteiger partial charge in [0.05, 0.1) is 0 Å². The first kappa shape index (κ1) is 16.1. The highest BCUT2D eigenvalue weighted by molar-refractivity contribution is 5.89. The van der Waals surface area contributed by atoms with Crippen molar-refractivity contribution in [2.45, 2.75) is 39.2 Å². The molecule has 2 aromatic carbocycles. The third-order valence-corrected chi connectivity index (χ3v) is 3.58. The van der Waals surface area contributed by atoms with Crippen LogP contribution in [0.15, 0.2) is 54.6 Å². The van der Waals surface area contributed by atoms with Gasteiger partial charge in [-0.15, -0.1) is 0 Å². The van der Waals surface area contributed by atoms with Crippen LogP contribution in [0.5, 0.6) is 0 Å². The van der Waals surface area contributed by atoms with Crippen LogP contribution in [-0.2, 0) is 13.0 Å². The highest BCUT2D eigenvalue weighted by Crippen LogP contribution is 2.12. The molecule has 0 saturated carbocycles. The van der Waals surface area contributed by atoms with E-state index in [1.807, 2.05) is 42.5 Å². The molecule has 0 saturated heterocycles. The van der Waals surface area contributed by atoms with Gasteiger partial charge in [0.15, 0.2) is 0 Å². The number of carbonyl (C=O) groups excluding carboxylic acids is 1. The Morgan fingerprint density at radius 1 is 0.909 bits per heavy atom. The van der Waals surface area contributed by atoms with Crippen molar-refractivity contribution in [2.24, 2.45) is 0 Å². The normalized spacial score (nSPS) is 10.2. The van der Waals surface area contributed by atoms with Gasteiger partial charge >= 0.3 is 6.03 Å². The summed E-state index contributed by atoms with van der Waals surface area (Å²) < 4.78 is 0. The number of unbranched alkanes of at least 4 members (excludes halogenated alkanes) is 2. The largest absolute Gasteiger partial charge is 0.334 e. The second-order valence-corrected chi connectivity index (χ2v) is 5.45. The van der Waals surface area contributed by atoms with Crippen LogP contribution in [0, 0.1) is 0 Å². The van der Waals surface area contributed by atoms with Gasteiger partial charge in [-0.2, -0.15) is 0 Å². The lowest BCUT2D eigenvalue weighted by Gasteiger charge is -2.08. The Bertz CT molecular complexity index is 564. The molecule has 3 nitrogen and oxygen atoms in total. The summed E-state index contributed by atoms with van der Waals surface area (Å²) in [4.78, 5) is 11.9. The zero-order valence-corrected chi connectivity index (χ0v) is 13.1. The van der Waals surface area contributed by atoms with Crippen LogP contribution in [0.2, 0.25) is 0 Å². The number of rotatable bonds is 7. The molecular formula is C19H24N2O. The van der Waals surface area contributed by atoms with E-state index in [0.717, 1.165) is 17.7 Å². The van der Waals surface area contributed by atoms with Gasteiger partial charge in [0.2, 0.25) is 0 Å². The Balaban J connectivity index is 1.76. The van der Waals surface area contributed by atoms with Gasteiger partial charge in [0, 0.05) is 12.2 Å². The third-order valence-electron chi connectivity index (χ3n) is 3.58. The van der Waals surface area contributed by atoms with E-state index in [-0.39, 0.29) is 6.03 Å². The van der Waals surface area contributed by atoms with E-state index < -0.39 is 0 Å². The SMILES string of the molecule is CCCCCc1ccc(NC(=O)NCc2ccccc2)cc1. The fourth-order valence-corrected chi connectivity index (χ4v) is 2.29. The molecule has 0 heterocycles. The van der Waals surface area contributed by atoms with Crippen molar-refractivity contribution in [1.82, 2.24) is 5.32 Å². The van der Waals surface area contributed by atoms with Crippen molar-refractivity contribution in [1.29, 1.82) is 0 Å². The molecule has 2 aromatic rings. The summed E-state index contributed by atoms with van der Waals surface area (Å²) >= 11 is 0. The van der Waals surface area contributed by atoms with Gasteiger partial charge < -0.3 is 10.6 Å². The van der Waals surface area contributed by atoms with E-state index in [2.05, 4.69) is 29.7 Å². The molecule has 0 aliphatic rings. The summed E-state index contributed by atoms with van der Waals surface area (Å²) in [5.41, 5.74) is 3.23. The molecule has 0 aliphatic heterocycles. The van der Waals surface area contributed by atoms with Crippen molar-refractivity contribution < 1.29 is 4.79 Å². The molecule has 0 atom stereocenters. The lowest BCUT2D eigenvalue weighted by molar-refractivity contribution is 0.251. The molecule has 0 bridgehead atoms. The van der Waals surface area contributed by atoms with Crippen molar-refractivity contribution in [3.05, 3.63) is 65.7 Å². The molecule has 2 rings (SSSR count). The number of benzene rings is 2. The first-order valence-corrected chi connectivity index (χ1v) is 7.95. The first-order chi connectivity index (χ1) is 10.8. The van der Waals surface area contributed by atoms with E-state index >= 15 is 0 Å².